The molecule has 0 aliphatic heterocycles. The highest BCUT2D eigenvalue weighted by Crippen LogP contribution is 2.33. The molecule has 2 N–H and O–H groups in total. The molecule has 28 heavy (non-hydrogen) atoms. The van der Waals surface area contributed by atoms with Crippen molar-refractivity contribution in [1.82, 2.24) is 9.97 Å². The maximum Gasteiger partial charge on any atom is 0.196 e. The average Bonchev–Trinajstić information content (AvgIpc) is 3.10. The van der Waals surface area contributed by atoms with Gasteiger partial charge in [0.15, 0.2) is 17.2 Å². The van der Waals surface area contributed by atoms with Gasteiger partial charge in [0, 0.05) is 16.0 Å². The molecule has 5 nitrogen and oxygen atoms in total. The van der Waals surface area contributed by atoms with Crippen molar-refractivity contribution < 1.29 is 9.32 Å². The third-order valence-electron chi connectivity index (χ3n) is 5.09. The number of rotatable bonds is 7. The van der Waals surface area contributed by atoms with Gasteiger partial charge in [-0.15, -0.1) is 0 Å². The minimum Gasteiger partial charge on any atom is -0.450 e. The summed E-state index contributed by atoms with van der Waals surface area (Å²) < 4.78 is 6.09. The van der Waals surface area contributed by atoms with E-state index >= 15 is 0 Å². The van der Waals surface area contributed by atoms with Crippen LogP contribution < -0.4 is 10.2 Å². The average molecular weight is 396 g/mol. The minimum absolute atomic E-state index is 0.661. The quantitative estimate of drug-likeness (QED) is 0.496. The van der Waals surface area contributed by atoms with Crippen molar-refractivity contribution in [2.75, 3.05) is 31.5 Å². The normalized spacial score (nSPS) is 11.6. The van der Waals surface area contributed by atoms with Gasteiger partial charge in [-0.2, -0.15) is 0 Å². The Bertz CT molecular complexity index is 1090. The largest absolute Gasteiger partial charge is 0.450 e. The van der Waals surface area contributed by atoms with Crippen LogP contribution in [0.4, 0.5) is 5.82 Å². The van der Waals surface area contributed by atoms with Crippen LogP contribution in [0.2, 0.25) is 5.02 Å². The van der Waals surface area contributed by atoms with Gasteiger partial charge in [-0.25, -0.2) is 9.97 Å². The van der Waals surface area contributed by atoms with E-state index in [0.717, 1.165) is 54.0 Å². The fraction of sp³-hybridized carbons (Fsp3) is 0.273. The molecular formula is C22H24ClN4O+. The second kappa shape index (κ2) is 8.17. The Morgan fingerprint density at radius 2 is 1.75 bits per heavy atom. The Balaban J connectivity index is 1.78. The second-order valence-corrected chi connectivity index (χ2v) is 7.25. The van der Waals surface area contributed by atoms with Crippen LogP contribution in [0.1, 0.15) is 13.8 Å². The van der Waals surface area contributed by atoms with E-state index in [1.54, 1.807) is 4.90 Å². The van der Waals surface area contributed by atoms with Crippen molar-refractivity contribution in [1.29, 1.82) is 0 Å². The highest BCUT2D eigenvalue weighted by molar-refractivity contribution is 6.30. The van der Waals surface area contributed by atoms with Gasteiger partial charge in [0.1, 0.15) is 11.1 Å². The molecule has 0 saturated carbocycles. The lowest BCUT2D eigenvalue weighted by molar-refractivity contribution is -0.894. The standard InChI is InChI=1S/C22H23ClN4O/c1-3-27(4-2)14-13-24-22-20-19(17-7-5-6-8-18(17)28-20)25-21(26-22)15-9-11-16(23)12-10-15/h5-12H,3-4,13-14H2,1-2H3,(H,24,25,26)/p+1. The predicted molar refractivity (Wildman–Crippen MR) is 115 cm³/mol. The number of benzene rings is 2. The van der Waals surface area contributed by atoms with Gasteiger partial charge in [-0.3, -0.25) is 0 Å². The van der Waals surface area contributed by atoms with Crippen LogP contribution in [0, 0.1) is 0 Å². The van der Waals surface area contributed by atoms with E-state index in [4.69, 9.17) is 26.0 Å². The number of nitrogens with one attached hydrogen (secondary N) is 2. The summed E-state index contributed by atoms with van der Waals surface area (Å²) in [6.07, 6.45) is 0. The Morgan fingerprint density at radius 1 is 1.00 bits per heavy atom. The lowest BCUT2D eigenvalue weighted by atomic mass is 10.2. The summed E-state index contributed by atoms with van der Waals surface area (Å²) in [6, 6.07) is 15.6. The molecule has 0 spiro atoms. The number of anilines is 1. The molecule has 0 saturated heterocycles. The number of nitrogens with zero attached hydrogens (tertiary/aromatic N) is 2. The predicted octanol–water partition coefficient (Wildman–Crippen LogP) is 4.03. The smallest absolute Gasteiger partial charge is 0.196 e. The summed E-state index contributed by atoms with van der Waals surface area (Å²) >= 11 is 6.04. The number of furan rings is 1. The summed E-state index contributed by atoms with van der Waals surface area (Å²) in [5.41, 5.74) is 3.27. The minimum atomic E-state index is 0.661. The Labute approximate surface area is 169 Å². The van der Waals surface area contributed by atoms with E-state index in [1.165, 1.54) is 0 Å². The van der Waals surface area contributed by atoms with Crippen LogP contribution in [0.15, 0.2) is 52.9 Å². The number of hydrogen-bond donors (Lipinski definition) is 2. The first kappa shape index (κ1) is 18.7. The van der Waals surface area contributed by atoms with Crippen LogP contribution in [-0.4, -0.2) is 36.1 Å². The van der Waals surface area contributed by atoms with E-state index in [0.29, 0.717) is 16.4 Å². The molecule has 0 bridgehead atoms. The number of fused-ring (bicyclic) bond motifs is 3. The van der Waals surface area contributed by atoms with Crippen molar-refractivity contribution in [2.45, 2.75) is 13.8 Å². The molecule has 0 fully saturated rings. The van der Waals surface area contributed by atoms with Gasteiger partial charge in [-0.05, 0) is 50.2 Å². The van der Waals surface area contributed by atoms with Gasteiger partial charge in [-0.1, -0.05) is 23.7 Å². The van der Waals surface area contributed by atoms with Crippen LogP contribution >= 0.6 is 11.6 Å². The summed E-state index contributed by atoms with van der Waals surface area (Å²) in [7, 11) is 0. The van der Waals surface area contributed by atoms with Gasteiger partial charge >= 0.3 is 0 Å². The highest BCUT2D eigenvalue weighted by Gasteiger charge is 2.16. The fourth-order valence-electron chi connectivity index (χ4n) is 3.40. The zero-order valence-corrected chi connectivity index (χ0v) is 16.9. The van der Waals surface area contributed by atoms with E-state index in [-0.39, 0.29) is 0 Å². The molecule has 0 amide bonds. The number of hydrogen-bond acceptors (Lipinski definition) is 4. The van der Waals surface area contributed by atoms with Crippen LogP contribution in [0.3, 0.4) is 0 Å². The number of aromatic nitrogens is 2. The number of para-hydroxylation sites is 1. The molecule has 4 aromatic rings. The lowest BCUT2D eigenvalue weighted by Crippen LogP contribution is -3.12. The molecule has 0 atom stereocenters. The molecular weight excluding hydrogens is 372 g/mol. The Hall–Kier alpha value is -2.63. The number of likely N-dealkylation sites (N-methyl/N-ethyl adjacent to an activating group) is 1. The zero-order valence-electron chi connectivity index (χ0n) is 16.1. The molecule has 0 radical (unpaired) electrons. The first-order valence-electron chi connectivity index (χ1n) is 9.72. The van der Waals surface area contributed by atoms with Gasteiger partial charge in [0.05, 0.1) is 26.2 Å². The molecule has 6 heteroatoms. The van der Waals surface area contributed by atoms with E-state index < -0.39 is 0 Å². The third kappa shape index (κ3) is 3.68. The van der Waals surface area contributed by atoms with E-state index in [1.807, 2.05) is 48.5 Å². The first-order chi connectivity index (χ1) is 13.7. The van der Waals surface area contributed by atoms with Crippen molar-refractivity contribution in [2.24, 2.45) is 0 Å². The molecule has 2 aromatic heterocycles. The monoisotopic (exact) mass is 395 g/mol. The maximum absolute atomic E-state index is 6.09. The van der Waals surface area contributed by atoms with Crippen molar-refractivity contribution in [3.63, 3.8) is 0 Å². The third-order valence-corrected chi connectivity index (χ3v) is 5.35. The summed E-state index contributed by atoms with van der Waals surface area (Å²) in [4.78, 5) is 11.1. The highest BCUT2D eigenvalue weighted by atomic mass is 35.5. The first-order valence-corrected chi connectivity index (χ1v) is 10.1. The Morgan fingerprint density at radius 3 is 2.50 bits per heavy atom. The maximum atomic E-state index is 6.09. The fourth-order valence-corrected chi connectivity index (χ4v) is 3.53. The molecule has 4 rings (SSSR count). The van der Waals surface area contributed by atoms with Crippen LogP contribution in [0.25, 0.3) is 33.5 Å². The van der Waals surface area contributed by atoms with Crippen molar-refractivity contribution >= 4 is 39.5 Å². The van der Waals surface area contributed by atoms with Crippen molar-refractivity contribution in [3.8, 4) is 11.4 Å². The Kier molecular flexibility index (Phi) is 5.46. The number of halogens is 1. The van der Waals surface area contributed by atoms with E-state index in [2.05, 4.69) is 19.2 Å². The van der Waals surface area contributed by atoms with Crippen LogP contribution in [0.5, 0.6) is 0 Å². The summed E-state index contributed by atoms with van der Waals surface area (Å²) in [5.74, 6) is 1.39. The lowest BCUT2D eigenvalue weighted by Gasteiger charge is -2.16. The van der Waals surface area contributed by atoms with Gasteiger partial charge in [0.25, 0.3) is 0 Å². The summed E-state index contributed by atoms with van der Waals surface area (Å²) in [5, 5.41) is 5.16. The van der Waals surface area contributed by atoms with Crippen LogP contribution in [-0.2, 0) is 0 Å². The topological polar surface area (TPSA) is 55.4 Å². The number of quaternary nitrogens is 1. The molecule has 0 aliphatic rings. The molecule has 2 heterocycles. The SMILES string of the molecule is CC[NH+](CC)CCNc1nc(-c2ccc(Cl)cc2)nc2c1oc1ccccc12. The van der Waals surface area contributed by atoms with Gasteiger partial charge < -0.3 is 14.6 Å². The van der Waals surface area contributed by atoms with Crippen molar-refractivity contribution in [3.05, 3.63) is 53.6 Å². The summed E-state index contributed by atoms with van der Waals surface area (Å²) in [6.45, 7) is 8.48. The van der Waals surface area contributed by atoms with E-state index in [9.17, 15) is 0 Å². The second-order valence-electron chi connectivity index (χ2n) is 6.81. The molecule has 0 unspecified atom stereocenters. The molecule has 2 aromatic carbocycles. The zero-order chi connectivity index (χ0) is 19.5. The van der Waals surface area contributed by atoms with Gasteiger partial charge in [0.2, 0.25) is 0 Å². The molecule has 0 aliphatic carbocycles. The molecule has 144 valence electrons.